The molecule has 1 amide bonds. The highest BCUT2D eigenvalue weighted by atomic mass is 16.7. The van der Waals surface area contributed by atoms with E-state index < -0.39 is 29.5 Å². The number of carbonyl (C=O) groups is 2. The molecule has 166 valence electrons. The van der Waals surface area contributed by atoms with Crippen LogP contribution in [0.2, 0.25) is 0 Å². The smallest absolute Gasteiger partial charge is 0.412 e. The maximum atomic E-state index is 13.1. The summed E-state index contributed by atoms with van der Waals surface area (Å²) < 4.78 is 16.5. The van der Waals surface area contributed by atoms with Gasteiger partial charge >= 0.3 is 12.1 Å². The summed E-state index contributed by atoms with van der Waals surface area (Å²) in [6.07, 6.45) is -0.785. The molecule has 0 spiro atoms. The molecule has 2 saturated heterocycles. The number of hydrogen-bond donors (Lipinski definition) is 0. The van der Waals surface area contributed by atoms with E-state index in [-0.39, 0.29) is 12.1 Å². The zero-order valence-corrected chi connectivity index (χ0v) is 18.6. The molecule has 3 rings (SSSR count). The van der Waals surface area contributed by atoms with Crippen LogP contribution in [0, 0.1) is 0 Å². The summed E-state index contributed by atoms with van der Waals surface area (Å²) in [7, 11) is 1.34. The van der Waals surface area contributed by atoms with Crippen molar-refractivity contribution in [3.63, 3.8) is 0 Å². The number of methoxy groups -OCH3 is 1. The lowest BCUT2D eigenvalue weighted by molar-refractivity contribution is -0.195. The summed E-state index contributed by atoms with van der Waals surface area (Å²) in [6.45, 7) is 9.96. The standard InChI is InChI=1S/C22H32N2O6/c1-21(2,3)29-20(26)24-17(14-28-22(24,4)5)16-12-18(19(25)27-6)30-23(16)13-15-10-8-7-9-11-15/h7-11,16-18H,12-14H2,1-6H3/t16-,17+,18-/m1/s1. The van der Waals surface area contributed by atoms with Crippen LogP contribution in [0.25, 0.3) is 0 Å². The molecule has 2 aliphatic rings. The summed E-state index contributed by atoms with van der Waals surface area (Å²) in [5, 5.41) is 1.77. The first-order valence-corrected chi connectivity index (χ1v) is 10.2. The number of benzene rings is 1. The van der Waals surface area contributed by atoms with Crippen LogP contribution in [-0.4, -0.2) is 65.3 Å². The number of carbonyl (C=O) groups excluding carboxylic acids is 2. The quantitative estimate of drug-likeness (QED) is 0.693. The number of esters is 1. The van der Waals surface area contributed by atoms with Crippen molar-refractivity contribution >= 4 is 12.1 Å². The molecule has 0 aliphatic carbocycles. The van der Waals surface area contributed by atoms with Crippen molar-refractivity contribution in [1.82, 2.24) is 9.96 Å². The van der Waals surface area contributed by atoms with E-state index in [2.05, 4.69) is 0 Å². The first kappa shape index (κ1) is 22.5. The zero-order chi connectivity index (χ0) is 22.1. The van der Waals surface area contributed by atoms with Gasteiger partial charge in [-0.2, -0.15) is 5.06 Å². The van der Waals surface area contributed by atoms with Crippen molar-refractivity contribution in [3.8, 4) is 0 Å². The molecule has 0 unspecified atom stereocenters. The maximum absolute atomic E-state index is 13.1. The second kappa shape index (κ2) is 8.53. The summed E-state index contributed by atoms with van der Waals surface area (Å²) in [4.78, 5) is 32.8. The molecule has 1 aromatic rings. The average molecular weight is 421 g/mol. The van der Waals surface area contributed by atoms with Gasteiger partial charge in [0.2, 0.25) is 0 Å². The van der Waals surface area contributed by atoms with Crippen molar-refractivity contribution in [2.45, 2.75) is 77.1 Å². The lowest BCUT2D eigenvalue weighted by Crippen LogP contribution is -2.55. The summed E-state index contributed by atoms with van der Waals surface area (Å²) in [6, 6.07) is 9.23. The molecule has 8 nitrogen and oxygen atoms in total. The van der Waals surface area contributed by atoms with Gasteiger partial charge in [0.1, 0.15) is 11.3 Å². The van der Waals surface area contributed by atoms with Crippen LogP contribution < -0.4 is 0 Å². The van der Waals surface area contributed by atoms with Gasteiger partial charge < -0.3 is 14.2 Å². The molecule has 2 aliphatic heterocycles. The molecule has 8 heteroatoms. The Labute approximate surface area is 178 Å². The molecule has 2 fully saturated rings. The van der Waals surface area contributed by atoms with E-state index in [9.17, 15) is 9.59 Å². The fourth-order valence-electron chi connectivity index (χ4n) is 3.94. The number of hydroxylamine groups is 2. The Kier molecular flexibility index (Phi) is 6.40. The monoisotopic (exact) mass is 420 g/mol. The van der Waals surface area contributed by atoms with E-state index in [1.165, 1.54) is 7.11 Å². The third kappa shape index (κ3) is 4.94. The molecule has 30 heavy (non-hydrogen) atoms. The lowest BCUT2D eigenvalue weighted by Gasteiger charge is -2.38. The van der Waals surface area contributed by atoms with Gasteiger partial charge in [0.05, 0.1) is 25.8 Å². The van der Waals surface area contributed by atoms with Gasteiger partial charge in [0, 0.05) is 13.0 Å². The number of ether oxygens (including phenoxy) is 3. The fraction of sp³-hybridized carbons (Fsp3) is 0.636. The van der Waals surface area contributed by atoms with Crippen molar-refractivity contribution in [2.24, 2.45) is 0 Å². The molecule has 0 saturated carbocycles. The second-order valence-electron chi connectivity index (χ2n) is 9.16. The Morgan fingerprint density at radius 2 is 1.83 bits per heavy atom. The molecule has 3 atom stereocenters. The summed E-state index contributed by atoms with van der Waals surface area (Å²) >= 11 is 0. The Bertz CT molecular complexity index is 761. The SMILES string of the molecule is COC(=O)[C@H]1C[C@H]([C@@H]2COC(C)(C)N2C(=O)OC(C)(C)C)N(Cc2ccccc2)O1. The number of nitrogens with zero attached hydrogens (tertiary/aromatic N) is 2. The van der Waals surface area contributed by atoms with Gasteiger partial charge in [-0.3, -0.25) is 9.74 Å². The van der Waals surface area contributed by atoms with Gasteiger partial charge in [-0.05, 0) is 40.2 Å². The van der Waals surface area contributed by atoms with Gasteiger partial charge in [-0.25, -0.2) is 9.59 Å². The summed E-state index contributed by atoms with van der Waals surface area (Å²) in [5.74, 6) is -0.433. The van der Waals surface area contributed by atoms with Gasteiger partial charge in [0.25, 0.3) is 0 Å². The van der Waals surface area contributed by atoms with Crippen LogP contribution in [0.3, 0.4) is 0 Å². The predicted molar refractivity (Wildman–Crippen MR) is 109 cm³/mol. The van der Waals surface area contributed by atoms with Gasteiger partial charge in [0.15, 0.2) is 6.10 Å². The van der Waals surface area contributed by atoms with Crippen LogP contribution in [0.1, 0.15) is 46.6 Å². The van der Waals surface area contributed by atoms with E-state index in [0.717, 1.165) is 5.56 Å². The Morgan fingerprint density at radius 3 is 2.43 bits per heavy atom. The number of rotatable bonds is 4. The van der Waals surface area contributed by atoms with Crippen molar-refractivity contribution in [2.75, 3.05) is 13.7 Å². The van der Waals surface area contributed by atoms with Crippen LogP contribution in [-0.2, 0) is 30.4 Å². The van der Waals surface area contributed by atoms with E-state index in [1.807, 2.05) is 65.0 Å². The van der Waals surface area contributed by atoms with E-state index in [4.69, 9.17) is 19.0 Å². The minimum Gasteiger partial charge on any atom is -0.467 e. The Morgan fingerprint density at radius 1 is 1.17 bits per heavy atom. The molecule has 0 bridgehead atoms. The molecule has 0 N–H and O–H groups in total. The van der Waals surface area contributed by atoms with Crippen molar-refractivity contribution in [3.05, 3.63) is 35.9 Å². The minimum absolute atomic E-state index is 0.261. The van der Waals surface area contributed by atoms with Crippen molar-refractivity contribution < 1.29 is 28.6 Å². The molecular formula is C22H32N2O6. The highest BCUT2D eigenvalue weighted by Gasteiger charge is 2.53. The third-order valence-electron chi connectivity index (χ3n) is 5.29. The number of hydrogen-bond acceptors (Lipinski definition) is 7. The van der Waals surface area contributed by atoms with E-state index in [1.54, 1.807) is 9.96 Å². The number of amides is 1. The van der Waals surface area contributed by atoms with Crippen molar-refractivity contribution in [1.29, 1.82) is 0 Å². The molecule has 0 aromatic heterocycles. The Hall–Kier alpha value is -2.16. The molecule has 0 radical (unpaired) electrons. The average Bonchev–Trinajstić information content (AvgIpc) is 3.20. The minimum atomic E-state index is -0.839. The lowest BCUT2D eigenvalue weighted by atomic mass is 10.0. The largest absolute Gasteiger partial charge is 0.467 e. The first-order valence-electron chi connectivity index (χ1n) is 10.2. The maximum Gasteiger partial charge on any atom is 0.412 e. The van der Waals surface area contributed by atoms with Gasteiger partial charge in [-0.1, -0.05) is 30.3 Å². The van der Waals surface area contributed by atoms with Crippen LogP contribution in [0.4, 0.5) is 4.79 Å². The highest BCUT2D eigenvalue weighted by Crippen LogP contribution is 2.37. The first-order chi connectivity index (χ1) is 14.0. The fourth-order valence-corrected chi connectivity index (χ4v) is 3.94. The van der Waals surface area contributed by atoms with Crippen LogP contribution in [0.15, 0.2) is 30.3 Å². The topological polar surface area (TPSA) is 77.5 Å². The van der Waals surface area contributed by atoms with Crippen LogP contribution in [0.5, 0.6) is 0 Å². The predicted octanol–water partition coefficient (Wildman–Crippen LogP) is 3.11. The van der Waals surface area contributed by atoms with E-state index >= 15 is 0 Å². The van der Waals surface area contributed by atoms with Crippen LogP contribution >= 0.6 is 0 Å². The van der Waals surface area contributed by atoms with E-state index in [0.29, 0.717) is 19.6 Å². The zero-order valence-electron chi connectivity index (χ0n) is 18.6. The highest BCUT2D eigenvalue weighted by molar-refractivity contribution is 5.75. The molecule has 2 heterocycles. The summed E-state index contributed by atoms with van der Waals surface area (Å²) in [5.41, 5.74) is -0.436. The second-order valence-corrected chi connectivity index (χ2v) is 9.16. The third-order valence-corrected chi connectivity index (χ3v) is 5.29. The van der Waals surface area contributed by atoms with Gasteiger partial charge in [-0.15, -0.1) is 0 Å². The molecule has 1 aromatic carbocycles. The normalized spacial score (nSPS) is 26.6. The Balaban J connectivity index is 1.87. The molecular weight excluding hydrogens is 388 g/mol.